The second-order valence-corrected chi connectivity index (χ2v) is 6.95. The van der Waals surface area contributed by atoms with Crippen LogP contribution in [0.4, 0.5) is 5.69 Å². The molecule has 1 aliphatic rings. The number of hydrogen-bond acceptors (Lipinski definition) is 3. The van der Waals surface area contributed by atoms with E-state index in [0.717, 1.165) is 44.3 Å². The summed E-state index contributed by atoms with van der Waals surface area (Å²) in [7, 11) is 0. The van der Waals surface area contributed by atoms with Crippen molar-refractivity contribution in [2.24, 2.45) is 0 Å². The summed E-state index contributed by atoms with van der Waals surface area (Å²) in [4.78, 5) is 0. The van der Waals surface area contributed by atoms with Crippen molar-refractivity contribution in [1.29, 1.82) is 5.26 Å². The topological polar surface area (TPSA) is 64.5 Å². The molecule has 4 nitrogen and oxygen atoms in total. The number of nitriles is 1. The number of nitrogens with zero attached hydrogens (tertiary/aromatic N) is 2. The predicted octanol–water partition coefficient (Wildman–Crippen LogP) is 4.45. The lowest BCUT2D eigenvalue weighted by Gasteiger charge is -2.16. The second-order valence-electron chi connectivity index (χ2n) is 5.93. The fraction of sp³-hybridized carbons (Fsp3) is 0.222. The Morgan fingerprint density at radius 2 is 2.22 bits per heavy atom. The first-order chi connectivity index (χ1) is 11.2. The average molecular weight is 414 g/mol. The Balaban J connectivity index is 1.67. The van der Waals surface area contributed by atoms with Crippen molar-refractivity contribution in [1.82, 2.24) is 10.2 Å². The third kappa shape index (κ3) is 2.38. The van der Waals surface area contributed by atoms with Crippen molar-refractivity contribution >= 4 is 39.2 Å². The van der Waals surface area contributed by atoms with Crippen LogP contribution in [0.1, 0.15) is 34.7 Å². The zero-order valence-electron chi connectivity index (χ0n) is 12.7. The number of halogens is 1. The molecular formula is C18H15IN4. The molecule has 1 aliphatic carbocycles. The smallest absolute Gasteiger partial charge is 0.131 e. The minimum atomic E-state index is 0.304. The van der Waals surface area contributed by atoms with Gasteiger partial charge in [0.25, 0.3) is 0 Å². The van der Waals surface area contributed by atoms with Gasteiger partial charge in [-0.1, -0.05) is 6.07 Å². The summed E-state index contributed by atoms with van der Waals surface area (Å²) in [5, 5.41) is 21.2. The third-order valence-electron chi connectivity index (χ3n) is 4.67. The molecule has 1 aromatic heterocycles. The van der Waals surface area contributed by atoms with E-state index >= 15 is 0 Å². The largest absolute Gasteiger partial charge is 0.378 e. The van der Waals surface area contributed by atoms with Crippen LogP contribution in [0.3, 0.4) is 0 Å². The summed E-state index contributed by atoms with van der Waals surface area (Å²) in [6.45, 7) is 2.06. The van der Waals surface area contributed by atoms with E-state index in [1.54, 1.807) is 0 Å². The molecule has 5 heteroatoms. The monoisotopic (exact) mass is 414 g/mol. The van der Waals surface area contributed by atoms with Gasteiger partial charge in [-0.3, -0.25) is 5.10 Å². The van der Waals surface area contributed by atoms with Crippen LogP contribution in [-0.4, -0.2) is 10.2 Å². The lowest BCUT2D eigenvalue weighted by atomic mass is 9.98. The van der Waals surface area contributed by atoms with E-state index in [2.05, 4.69) is 75.4 Å². The highest BCUT2D eigenvalue weighted by Gasteiger charge is 2.24. The molecular weight excluding hydrogens is 399 g/mol. The van der Waals surface area contributed by atoms with Crippen LogP contribution in [0.2, 0.25) is 0 Å². The highest BCUT2D eigenvalue weighted by molar-refractivity contribution is 14.1. The maximum atomic E-state index is 9.18. The van der Waals surface area contributed by atoms with E-state index in [-0.39, 0.29) is 0 Å². The van der Waals surface area contributed by atoms with Gasteiger partial charge in [0.1, 0.15) is 3.70 Å². The van der Waals surface area contributed by atoms with Crippen LogP contribution < -0.4 is 5.32 Å². The van der Waals surface area contributed by atoms with Gasteiger partial charge in [0.2, 0.25) is 0 Å². The number of nitrogens with one attached hydrogen (secondary N) is 2. The number of aromatic amines is 1. The molecule has 1 heterocycles. The first-order valence-corrected chi connectivity index (χ1v) is 8.68. The molecule has 0 amide bonds. The van der Waals surface area contributed by atoms with Crippen molar-refractivity contribution in [3.05, 3.63) is 56.3 Å². The number of H-pyrrole nitrogens is 1. The summed E-state index contributed by atoms with van der Waals surface area (Å²) in [6, 6.07) is 12.9. The Labute approximate surface area is 148 Å². The zero-order valence-corrected chi connectivity index (χ0v) is 14.8. The highest BCUT2D eigenvalue weighted by Crippen LogP contribution is 2.37. The first-order valence-electron chi connectivity index (χ1n) is 7.60. The number of fused-ring (bicyclic) bond motifs is 2. The average Bonchev–Trinajstić information content (AvgIpc) is 3.13. The van der Waals surface area contributed by atoms with Crippen LogP contribution >= 0.6 is 22.6 Å². The fourth-order valence-electron chi connectivity index (χ4n) is 3.42. The maximum Gasteiger partial charge on any atom is 0.131 e. The Hall–Kier alpha value is -2.07. The minimum Gasteiger partial charge on any atom is -0.378 e. The summed E-state index contributed by atoms with van der Waals surface area (Å²) in [6.07, 6.45) is 2.09. The normalized spacial score (nSPS) is 16.3. The van der Waals surface area contributed by atoms with Crippen LogP contribution in [0, 0.1) is 22.0 Å². The molecule has 23 heavy (non-hydrogen) atoms. The summed E-state index contributed by atoms with van der Waals surface area (Å²) in [5.41, 5.74) is 6.75. The fourth-order valence-corrected chi connectivity index (χ4v) is 3.99. The molecule has 0 bridgehead atoms. The molecule has 3 aromatic rings. The molecule has 1 atom stereocenters. The van der Waals surface area contributed by atoms with E-state index in [0.29, 0.717) is 6.04 Å². The Kier molecular flexibility index (Phi) is 3.49. The number of rotatable bonds is 2. The Morgan fingerprint density at radius 1 is 1.35 bits per heavy atom. The van der Waals surface area contributed by atoms with Gasteiger partial charge in [-0.05, 0) is 83.3 Å². The van der Waals surface area contributed by atoms with Crippen LogP contribution in [0.25, 0.3) is 10.9 Å². The third-order valence-corrected chi connectivity index (χ3v) is 5.49. The molecule has 2 N–H and O–H groups in total. The molecule has 2 aromatic carbocycles. The molecule has 0 radical (unpaired) electrons. The SMILES string of the molecule is Cc1c(C#N)ccc2c1CC[C@@H]2Nc1ccc2[nH]nc(I)c2c1. The lowest BCUT2D eigenvalue weighted by molar-refractivity contribution is 0.762. The summed E-state index contributed by atoms with van der Waals surface area (Å²) >= 11 is 2.25. The van der Waals surface area contributed by atoms with Crippen LogP contribution in [0.15, 0.2) is 30.3 Å². The van der Waals surface area contributed by atoms with Gasteiger partial charge < -0.3 is 5.32 Å². The highest BCUT2D eigenvalue weighted by atomic mass is 127. The van der Waals surface area contributed by atoms with E-state index in [1.165, 1.54) is 11.1 Å². The molecule has 114 valence electrons. The van der Waals surface area contributed by atoms with Gasteiger partial charge in [0.05, 0.1) is 23.2 Å². The minimum absolute atomic E-state index is 0.304. The summed E-state index contributed by atoms with van der Waals surface area (Å²) in [5.74, 6) is 0. The number of aromatic nitrogens is 2. The number of hydrogen-bond donors (Lipinski definition) is 2. The van der Waals surface area contributed by atoms with Gasteiger partial charge >= 0.3 is 0 Å². The number of anilines is 1. The Morgan fingerprint density at radius 3 is 3.04 bits per heavy atom. The van der Waals surface area contributed by atoms with E-state index in [9.17, 15) is 5.26 Å². The van der Waals surface area contributed by atoms with Gasteiger partial charge in [0, 0.05) is 11.1 Å². The molecule has 0 saturated heterocycles. The first kappa shape index (κ1) is 14.5. The molecule has 0 spiro atoms. The van der Waals surface area contributed by atoms with E-state index < -0.39 is 0 Å². The van der Waals surface area contributed by atoms with Gasteiger partial charge in [0.15, 0.2) is 0 Å². The molecule has 0 saturated carbocycles. The van der Waals surface area contributed by atoms with Crippen molar-refractivity contribution in [3.8, 4) is 6.07 Å². The van der Waals surface area contributed by atoms with E-state index in [1.807, 2.05) is 6.07 Å². The molecule has 0 aliphatic heterocycles. The summed E-state index contributed by atoms with van der Waals surface area (Å²) < 4.78 is 0.988. The quantitative estimate of drug-likeness (QED) is 0.610. The van der Waals surface area contributed by atoms with Gasteiger partial charge in [-0.15, -0.1) is 0 Å². The second kappa shape index (κ2) is 5.53. The van der Waals surface area contributed by atoms with E-state index in [4.69, 9.17) is 0 Å². The van der Waals surface area contributed by atoms with Crippen LogP contribution in [-0.2, 0) is 6.42 Å². The number of benzene rings is 2. The van der Waals surface area contributed by atoms with Crippen molar-refractivity contribution in [2.45, 2.75) is 25.8 Å². The zero-order chi connectivity index (χ0) is 16.0. The molecule has 0 fully saturated rings. The van der Waals surface area contributed by atoms with Crippen molar-refractivity contribution in [3.63, 3.8) is 0 Å². The van der Waals surface area contributed by atoms with Crippen molar-refractivity contribution in [2.75, 3.05) is 5.32 Å². The maximum absolute atomic E-state index is 9.18. The van der Waals surface area contributed by atoms with Crippen LogP contribution in [0.5, 0.6) is 0 Å². The standard InChI is InChI=1S/C18H15IN4/c1-10-11(9-20)2-4-14-13(10)5-7-16(14)21-12-3-6-17-15(8-12)18(19)23-22-17/h2-4,6,8,16,21H,5,7H2,1H3,(H,22,23)/t16-/m0/s1. The van der Waals surface area contributed by atoms with Gasteiger partial charge in [-0.25, -0.2) is 0 Å². The van der Waals surface area contributed by atoms with Gasteiger partial charge in [-0.2, -0.15) is 10.4 Å². The molecule has 0 unspecified atom stereocenters. The lowest BCUT2D eigenvalue weighted by Crippen LogP contribution is -2.07. The van der Waals surface area contributed by atoms with Crippen molar-refractivity contribution < 1.29 is 0 Å². The Bertz CT molecular complexity index is 952. The molecule has 4 rings (SSSR count). The predicted molar refractivity (Wildman–Crippen MR) is 99.4 cm³/mol.